The van der Waals surface area contributed by atoms with Gasteiger partial charge in [-0.15, -0.1) is 0 Å². The molecular formula is C42H81NO12S. The highest BCUT2D eigenvalue weighted by atomic mass is 32.3. The first kappa shape index (κ1) is 52.8. The Hall–Kier alpha value is -1.20. The van der Waals surface area contributed by atoms with Gasteiger partial charge in [0.05, 0.1) is 25.4 Å². The molecule has 7 N–H and O–H groups in total. The van der Waals surface area contributed by atoms with Crippen LogP contribution in [-0.4, -0.2) is 107 Å². The molecule has 1 aliphatic heterocycles. The summed E-state index contributed by atoms with van der Waals surface area (Å²) in [6.45, 7) is 3.14. The van der Waals surface area contributed by atoms with E-state index in [0.29, 0.717) is 12.8 Å². The minimum absolute atomic E-state index is 0.247. The number of allylic oxidation sites excluding steroid dienone is 1. The van der Waals surface area contributed by atoms with Gasteiger partial charge in [0.1, 0.15) is 30.5 Å². The Kier molecular flexibility index (Phi) is 31.7. The minimum atomic E-state index is -5.11. The third-order valence-corrected chi connectivity index (χ3v) is 11.1. The number of carbonyl (C=O) groups excluding carboxylic acids is 1. The highest BCUT2D eigenvalue weighted by molar-refractivity contribution is 7.80. The lowest BCUT2D eigenvalue weighted by molar-refractivity contribution is -0.298. The summed E-state index contributed by atoms with van der Waals surface area (Å²) in [5.41, 5.74) is 0. The molecule has 0 aliphatic carbocycles. The Balaban J connectivity index is 2.44. The molecule has 8 atom stereocenters. The van der Waals surface area contributed by atoms with Crippen molar-refractivity contribution in [3.8, 4) is 0 Å². The highest BCUT2D eigenvalue weighted by Gasteiger charge is 2.48. The highest BCUT2D eigenvalue weighted by Crippen LogP contribution is 2.26. The van der Waals surface area contributed by atoms with Crippen LogP contribution < -0.4 is 5.32 Å². The van der Waals surface area contributed by atoms with E-state index in [1.165, 1.54) is 109 Å². The average molecular weight is 824 g/mol. The molecule has 1 rings (SSSR count). The molecule has 0 saturated carbocycles. The first-order valence-corrected chi connectivity index (χ1v) is 23.5. The molecule has 8 unspecified atom stereocenters. The lowest BCUT2D eigenvalue weighted by Gasteiger charge is -2.41. The van der Waals surface area contributed by atoms with Gasteiger partial charge >= 0.3 is 10.4 Å². The van der Waals surface area contributed by atoms with E-state index in [0.717, 1.165) is 51.4 Å². The van der Waals surface area contributed by atoms with E-state index in [9.17, 15) is 38.7 Å². The first-order chi connectivity index (χ1) is 26.9. The van der Waals surface area contributed by atoms with Crippen molar-refractivity contribution in [2.24, 2.45) is 0 Å². The quantitative estimate of drug-likeness (QED) is 0.0192. The second-order valence-electron chi connectivity index (χ2n) is 15.8. The molecule has 0 aromatic carbocycles. The Morgan fingerprint density at radius 3 is 1.61 bits per heavy atom. The van der Waals surface area contributed by atoms with Gasteiger partial charge in [-0.05, 0) is 19.3 Å². The number of hydrogen-bond donors (Lipinski definition) is 7. The largest absolute Gasteiger partial charge is 0.397 e. The van der Waals surface area contributed by atoms with Crippen molar-refractivity contribution in [3.63, 3.8) is 0 Å². The first-order valence-electron chi connectivity index (χ1n) is 22.2. The van der Waals surface area contributed by atoms with E-state index in [2.05, 4.69) is 23.3 Å². The van der Waals surface area contributed by atoms with Crippen LogP contribution in [0.3, 0.4) is 0 Å². The van der Waals surface area contributed by atoms with Gasteiger partial charge in [-0.3, -0.25) is 9.35 Å². The molecule has 0 spiro atoms. The van der Waals surface area contributed by atoms with E-state index in [4.69, 9.17) is 14.0 Å². The lowest BCUT2D eigenvalue weighted by atomic mass is 9.99. The summed E-state index contributed by atoms with van der Waals surface area (Å²) < 4.78 is 47.2. The van der Waals surface area contributed by atoms with Gasteiger partial charge in [0.15, 0.2) is 6.29 Å². The number of unbranched alkanes of at least 4 members (excludes halogenated alkanes) is 24. The number of aliphatic hydroxyl groups is 5. The van der Waals surface area contributed by atoms with E-state index in [1.54, 1.807) is 6.08 Å². The number of amides is 1. The maximum Gasteiger partial charge on any atom is 0.397 e. The van der Waals surface area contributed by atoms with Crippen LogP contribution >= 0.6 is 0 Å². The molecule has 1 fully saturated rings. The van der Waals surface area contributed by atoms with E-state index >= 15 is 0 Å². The molecule has 1 amide bonds. The zero-order valence-corrected chi connectivity index (χ0v) is 35.6. The van der Waals surface area contributed by atoms with E-state index in [-0.39, 0.29) is 6.42 Å². The van der Waals surface area contributed by atoms with Crippen LogP contribution in [0.4, 0.5) is 0 Å². The fraction of sp³-hybridized carbons (Fsp3) is 0.929. The van der Waals surface area contributed by atoms with Gasteiger partial charge in [-0.1, -0.05) is 180 Å². The summed E-state index contributed by atoms with van der Waals surface area (Å²) >= 11 is 0. The predicted octanol–water partition coefficient (Wildman–Crippen LogP) is 6.97. The molecule has 0 radical (unpaired) electrons. The van der Waals surface area contributed by atoms with Crippen molar-refractivity contribution in [2.75, 3.05) is 13.2 Å². The topological polar surface area (TPSA) is 212 Å². The van der Waals surface area contributed by atoms with Gasteiger partial charge in [-0.25, -0.2) is 4.18 Å². The standard InChI is InChI=1S/C42H81NO12S/c1-3-5-7-9-11-12-13-14-15-16-17-18-19-20-21-22-23-25-27-29-31-36(46)41(49)43-34(35(45)30-28-26-24-10-8-6-4-2)33-53-42-39(48)40(55-56(50,51)52)38(47)37(32-44)54-42/h28,30,34-40,42,44-48H,3-27,29,31-33H2,1-2H3,(H,43,49)(H,50,51,52)/b30-28+. The zero-order chi connectivity index (χ0) is 41.4. The van der Waals surface area contributed by atoms with Crippen molar-refractivity contribution in [3.05, 3.63) is 12.2 Å². The number of rotatable bonds is 37. The lowest BCUT2D eigenvalue weighted by Crippen LogP contribution is -2.61. The molecule has 332 valence electrons. The Labute approximate surface area is 339 Å². The van der Waals surface area contributed by atoms with Crippen LogP contribution in [0.1, 0.15) is 187 Å². The molecule has 0 aromatic rings. The van der Waals surface area contributed by atoms with Crippen LogP contribution in [0.5, 0.6) is 0 Å². The van der Waals surface area contributed by atoms with Crippen molar-refractivity contribution in [1.82, 2.24) is 5.32 Å². The molecule has 13 nitrogen and oxygen atoms in total. The third kappa shape index (κ3) is 26.0. The van der Waals surface area contributed by atoms with E-state index < -0.39 is 78.5 Å². The molecule has 0 bridgehead atoms. The van der Waals surface area contributed by atoms with Gasteiger partial charge < -0.3 is 40.3 Å². The van der Waals surface area contributed by atoms with Crippen LogP contribution in [-0.2, 0) is 28.9 Å². The van der Waals surface area contributed by atoms with Crippen LogP contribution in [0, 0.1) is 0 Å². The van der Waals surface area contributed by atoms with Crippen LogP contribution in [0.25, 0.3) is 0 Å². The Morgan fingerprint density at radius 1 is 0.714 bits per heavy atom. The summed E-state index contributed by atoms with van der Waals surface area (Å²) in [6, 6.07) is -1.11. The number of carbonyl (C=O) groups is 1. The third-order valence-electron chi connectivity index (χ3n) is 10.7. The molecule has 14 heteroatoms. The molecule has 1 aliphatic rings. The molecule has 0 aromatic heterocycles. The van der Waals surface area contributed by atoms with Crippen LogP contribution in [0.15, 0.2) is 12.2 Å². The van der Waals surface area contributed by atoms with Gasteiger partial charge in [0.2, 0.25) is 5.91 Å². The maximum atomic E-state index is 13.0. The summed E-state index contributed by atoms with van der Waals surface area (Å²) in [5, 5.41) is 54.8. The maximum absolute atomic E-state index is 13.0. The molecular weight excluding hydrogens is 743 g/mol. The zero-order valence-electron chi connectivity index (χ0n) is 34.8. The Morgan fingerprint density at radius 2 is 1.16 bits per heavy atom. The summed E-state index contributed by atoms with van der Waals surface area (Å²) in [7, 11) is -5.11. The second-order valence-corrected chi connectivity index (χ2v) is 16.8. The van der Waals surface area contributed by atoms with Crippen molar-refractivity contribution >= 4 is 16.3 Å². The number of aliphatic hydroxyl groups excluding tert-OH is 5. The molecule has 1 saturated heterocycles. The monoisotopic (exact) mass is 824 g/mol. The predicted molar refractivity (Wildman–Crippen MR) is 219 cm³/mol. The minimum Gasteiger partial charge on any atom is -0.394 e. The van der Waals surface area contributed by atoms with Crippen molar-refractivity contribution in [2.45, 2.75) is 236 Å². The van der Waals surface area contributed by atoms with Crippen molar-refractivity contribution < 1.29 is 57.0 Å². The SMILES string of the molecule is CCCCCCC/C=C/C(O)C(COC1OC(CO)C(O)C(OS(=O)(=O)O)C1O)NC(=O)C(O)CCCCCCCCCCCCCCCCCCCCCC. The average Bonchev–Trinajstić information content (AvgIpc) is 3.16. The van der Waals surface area contributed by atoms with Gasteiger partial charge in [-0.2, -0.15) is 8.42 Å². The summed E-state index contributed by atoms with van der Waals surface area (Å²) in [4.78, 5) is 13.0. The normalized spacial score (nSPS) is 22.0. The fourth-order valence-corrected chi connectivity index (χ4v) is 7.62. The number of nitrogens with one attached hydrogen (secondary N) is 1. The van der Waals surface area contributed by atoms with E-state index in [1.807, 2.05) is 0 Å². The summed E-state index contributed by atoms with van der Waals surface area (Å²) in [5.74, 6) is -0.704. The van der Waals surface area contributed by atoms with Gasteiger partial charge in [0, 0.05) is 0 Å². The van der Waals surface area contributed by atoms with Crippen LogP contribution in [0.2, 0.25) is 0 Å². The fourth-order valence-electron chi connectivity index (χ4n) is 7.11. The molecule has 1 heterocycles. The number of ether oxygens (including phenoxy) is 2. The van der Waals surface area contributed by atoms with Gasteiger partial charge in [0.25, 0.3) is 0 Å². The second kappa shape index (κ2) is 33.6. The van der Waals surface area contributed by atoms with Crippen molar-refractivity contribution in [1.29, 1.82) is 0 Å². The Bertz CT molecular complexity index is 1080. The smallest absolute Gasteiger partial charge is 0.394 e. The summed E-state index contributed by atoms with van der Waals surface area (Å²) in [6.07, 6.45) is 23.4. The molecule has 56 heavy (non-hydrogen) atoms. The number of hydrogen-bond acceptors (Lipinski definition) is 11.